The molecule has 0 bridgehead atoms. The molecule has 1 rings (SSSR count). The van der Waals surface area contributed by atoms with Crippen LogP contribution < -0.4 is 0 Å². The van der Waals surface area contributed by atoms with Gasteiger partial charge in [-0.2, -0.15) is 0 Å². The second-order valence-corrected chi connectivity index (χ2v) is 8.99. The fraction of sp³-hybridized carbons (Fsp3) is 0.636. The van der Waals surface area contributed by atoms with Crippen LogP contribution in [0.4, 0.5) is 0 Å². The average Bonchev–Trinajstić information content (AvgIpc) is 2.33. The van der Waals surface area contributed by atoms with Gasteiger partial charge in [-0.3, -0.25) is 0 Å². The Bertz CT molecular complexity index is 233. The molecule has 0 aromatic heterocycles. The molecule has 0 fully saturated rings. The monoisotopic (exact) mass is 196 g/mol. The molecule has 13 heavy (non-hydrogen) atoms. The van der Waals surface area contributed by atoms with Gasteiger partial charge in [-0.25, -0.2) is 0 Å². The molecule has 74 valence electrons. The van der Waals surface area contributed by atoms with Crippen molar-refractivity contribution >= 4 is 8.32 Å². The van der Waals surface area contributed by atoms with Crippen molar-refractivity contribution in [1.82, 2.24) is 0 Å². The molecular formula is C11H20OSi. The Labute approximate surface area is 82.6 Å². The fourth-order valence-corrected chi connectivity index (χ4v) is 2.41. The quantitative estimate of drug-likeness (QED) is 0.621. The van der Waals surface area contributed by atoms with E-state index in [-0.39, 0.29) is 0 Å². The molecule has 0 aliphatic heterocycles. The summed E-state index contributed by atoms with van der Waals surface area (Å²) in [6.45, 7) is 8.90. The van der Waals surface area contributed by atoms with Gasteiger partial charge in [0.25, 0.3) is 0 Å². The van der Waals surface area contributed by atoms with Gasteiger partial charge in [-0.05, 0) is 37.7 Å². The highest BCUT2D eigenvalue weighted by Gasteiger charge is 2.18. The molecule has 0 heterocycles. The molecule has 0 saturated carbocycles. The van der Waals surface area contributed by atoms with E-state index in [0.717, 1.165) is 6.42 Å². The van der Waals surface area contributed by atoms with Crippen molar-refractivity contribution in [2.45, 2.75) is 45.8 Å². The molecule has 1 aliphatic carbocycles. The summed E-state index contributed by atoms with van der Waals surface area (Å²) in [7, 11) is -1.38. The highest BCUT2D eigenvalue weighted by atomic mass is 28.4. The first-order valence-corrected chi connectivity index (χ1v) is 8.50. The summed E-state index contributed by atoms with van der Waals surface area (Å²) < 4.78 is 5.92. The maximum Gasteiger partial charge on any atom is 0.241 e. The van der Waals surface area contributed by atoms with Crippen LogP contribution in [0.15, 0.2) is 23.5 Å². The minimum atomic E-state index is -1.38. The van der Waals surface area contributed by atoms with Crippen LogP contribution >= 0.6 is 0 Å². The lowest BCUT2D eigenvalue weighted by atomic mass is 10.2. The van der Waals surface area contributed by atoms with E-state index in [1.807, 2.05) is 0 Å². The molecule has 0 atom stereocenters. The summed E-state index contributed by atoms with van der Waals surface area (Å²) in [5.41, 5.74) is 1.45. The molecule has 0 spiro atoms. The number of hydrogen-bond donors (Lipinski definition) is 0. The molecule has 0 radical (unpaired) electrons. The smallest absolute Gasteiger partial charge is 0.241 e. The minimum absolute atomic E-state index is 1.01. The van der Waals surface area contributed by atoms with Crippen molar-refractivity contribution in [2.24, 2.45) is 0 Å². The molecule has 0 aromatic rings. The van der Waals surface area contributed by atoms with Crippen LogP contribution in [0.25, 0.3) is 0 Å². The van der Waals surface area contributed by atoms with Crippen LogP contribution in [0, 0.1) is 0 Å². The Morgan fingerprint density at radius 1 is 1.38 bits per heavy atom. The zero-order valence-electron chi connectivity index (χ0n) is 9.18. The van der Waals surface area contributed by atoms with Crippen molar-refractivity contribution in [2.75, 3.05) is 0 Å². The molecule has 0 saturated heterocycles. The predicted molar refractivity (Wildman–Crippen MR) is 60.1 cm³/mol. The summed E-state index contributed by atoms with van der Waals surface area (Å²) in [5, 5.41) is 0. The Balaban J connectivity index is 2.45. The fourth-order valence-electron chi connectivity index (χ4n) is 1.48. The van der Waals surface area contributed by atoms with Gasteiger partial charge in [-0.15, -0.1) is 0 Å². The van der Waals surface area contributed by atoms with Crippen molar-refractivity contribution in [3.63, 3.8) is 0 Å². The minimum Gasteiger partial charge on any atom is -0.547 e. The topological polar surface area (TPSA) is 9.23 Å². The summed E-state index contributed by atoms with van der Waals surface area (Å²) >= 11 is 0. The second-order valence-electron chi connectivity index (χ2n) is 4.56. The van der Waals surface area contributed by atoms with Crippen molar-refractivity contribution in [3.8, 4) is 0 Å². The summed E-state index contributed by atoms with van der Waals surface area (Å²) in [6, 6.07) is 0. The van der Waals surface area contributed by atoms with E-state index >= 15 is 0 Å². The molecular weight excluding hydrogens is 176 g/mol. The van der Waals surface area contributed by atoms with E-state index in [4.69, 9.17) is 4.43 Å². The number of hydrogen-bond acceptors (Lipinski definition) is 1. The van der Waals surface area contributed by atoms with E-state index in [1.165, 1.54) is 24.2 Å². The van der Waals surface area contributed by atoms with Crippen molar-refractivity contribution < 1.29 is 4.43 Å². The predicted octanol–water partition coefficient (Wildman–Crippen LogP) is 3.85. The SMILES string of the molecule is CCCC1=CCC(O[Si](C)(C)C)=C1. The highest BCUT2D eigenvalue weighted by Crippen LogP contribution is 2.24. The van der Waals surface area contributed by atoms with Gasteiger partial charge in [0.15, 0.2) is 0 Å². The Morgan fingerprint density at radius 3 is 2.62 bits per heavy atom. The van der Waals surface area contributed by atoms with Gasteiger partial charge in [0.05, 0.1) is 5.76 Å². The van der Waals surface area contributed by atoms with Crippen LogP contribution in [-0.4, -0.2) is 8.32 Å². The van der Waals surface area contributed by atoms with Crippen molar-refractivity contribution in [1.29, 1.82) is 0 Å². The zero-order valence-corrected chi connectivity index (χ0v) is 10.2. The first kappa shape index (κ1) is 10.6. The molecule has 1 nitrogen and oxygen atoms in total. The Hall–Kier alpha value is -0.503. The lowest BCUT2D eigenvalue weighted by Crippen LogP contribution is -2.24. The molecule has 0 aromatic carbocycles. The van der Waals surface area contributed by atoms with Crippen LogP contribution in [0.2, 0.25) is 19.6 Å². The van der Waals surface area contributed by atoms with E-state index in [0.29, 0.717) is 0 Å². The Kier molecular flexibility index (Phi) is 3.37. The van der Waals surface area contributed by atoms with E-state index < -0.39 is 8.32 Å². The number of allylic oxidation sites excluding steroid dienone is 3. The molecule has 0 unspecified atom stereocenters. The van der Waals surface area contributed by atoms with Gasteiger partial charge < -0.3 is 4.43 Å². The van der Waals surface area contributed by atoms with Crippen LogP contribution in [0.1, 0.15) is 26.2 Å². The lowest BCUT2D eigenvalue weighted by molar-refractivity contribution is 0.415. The maximum atomic E-state index is 5.92. The van der Waals surface area contributed by atoms with Gasteiger partial charge in [0.2, 0.25) is 8.32 Å². The number of rotatable bonds is 4. The van der Waals surface area contributed by atoms with Gasteiger partial charge in [0, 0.05) is 6.42 Å². The first-order chi connectivity index (χ1) is 6.01. The van der Waals surface area contributed by atoms with E-state index in [9.17, 15) is 0 Å². The van der Waals surface area contributed by atoms with Crippen LogP contribution in [-0.2, 0) is 4.43 Å². The Morgan fingerprint density at radius 2 is 2.08 bits per heavy atom. The van der Waals surface area contributed by atoms with Crippen LogP contribution in [0.3, 0.4) is 0 Å². The summed E-state index contributed by atoms with van der Waals surface area (Å²) in [6.07, 6.45) is 7.95. The maximum absolute atomic E-state index is 5.92. The standard InChI is InChI=1S/C11H20OSi/c1-5-6-10-7-8-11(9-10)12-13(2,3)4/h7,9H,5-6,8H2,1-4H3. The average molecular weight is 196 g/mol. The lowest BCUT2D eigenvalue weighted by Gasteiger charge is -2.19. The molecule has 2 heteroatoms. The van der Waals surface area contributed by atoms with Gasteiger partial charge in [0.1, 0.15) is 0 Å². The molecule has 1 aliphatic rings. The third-order valence-electron chi connectivity index (χ3n) is 1.89. The summed E-state index contributed by atoms with van der Waals surface area (Å²) in [5.74, 6) is 1.18. The normalized spacial score (nSPS) is 16.9. The highest BCUT2D eigenvalue weighted by molar-refractivity contribution is 6.70. The molecule has 0 N–H and O–H groups in total. The van der Waals surface area contributed by atoms with Gasteiger partial charge in [-0.1, -0.05) is 19.4 Å². The third kappa shape index (κ3) is 3.81. The van der Waals surface area contributed by atoms with E-state index in [2.05, 4.69) is 38.7 Å². The van der Waals surface area contributed by atoms with Crippen LogP contribution in [0.5, 0.6) is 0 Å². The van der Waals surface area contributed by atoms with Crippen molar-refractivity contribution in [3.05, 3.63) is 23.5 Å². The van der Waals surface area contributed by atoms with Gasteiger partial charge >= 0.3 is 0 Å². The zero-order chi connectivity index (χ0) is 9.90. The third-order valence-corrected chi connectivity index (χ3v) is 2.76. The summed E-state index contributed by atoms with van der Waals surface area (Å²) in [4.78, 5) is 0. The van der Waals surface area contributed by atoms with E-state index in [1.54, 1.807) is 0 Å². The first-order valence-electron chi connectivity index (χ1n) is 5.10. The second kappa shape index (κ2) is 4.14. The largest absolute Gasteiger partial charge is 0.547 e. The molecule has 0 amide bonds.